The highest BCUT2D eigenvalue weighted by atomic mass is 16.5. The van der Waals surface area contributed by atoms with E-state index in [4.69, 9.17) is 4.74 Å². The molecule has 19 heavy (non-hydrogen) atoms. The molecule has 0 radical (unpaired) electrons. The van der Waals surface area contributed by atoms with Gasteiger partial charge in [-0.15, -0.1) is 0 Å². The first-order valence-electron chi connectivity index (χ1n) is 6.63. The third-order valence-electron chi connectivity index (χ3n) is 3.31. The molecule has 0 aliphatic heterocycles. The quantitative estimate of drug-likeness (QED) is 0.746. The van der Waals surface area contributed by atoms with E-state index < -0.39 is 0 Å². The number of aliphatic hydroxyl groups excluding tert-OH is 1. The lowest BCUT2D eigenvalue weighted by Crippen LogP contribution is -2.22. The van der Waals surface area contributed by atoms with E-state index >= 15 is 0 Å². The number of benzene rings is 1. The number of aliphatic hydroxyl groups is 1. The Morgan fingerprint density at radius 2 is 2.16 bits per heavy atom. The first-order chi connectivity index (χ1) is 9.22. The summed E-state index contributed by atoms with van der Waals surface area (Å²) < 4.78 is 7.04. The van der Waals surface area contributed by atoms with Crippen molar-refractivity contribution in [1.82, 2.24) is 9.88 Å². The molecular formula is C15H22N2O2. The summed E-state index contributed by atoms with van der Waals surface area (Å²) in [5.74, 6) is 0. The molecule has 4 nitrogen and oxygen atoms in total. The first-order valence-corrected chi connectivity index (χ1v) is 6.63. The lowest BCUT2D eigenvalue weighted by molar-refractivity contribution is 0.0594. The highest BCUT2D eigenvalue weighted by Gasteiger charge is 2.06. The highest BCUT2D eigenvalue weighted by molar-refractivity contribution is 5.83. The fraction of sp³-hybridized carbons (Fsp3) is 0.467. The Hall–Kier alpha value is -1.36. The molecule has 2 aromatic rings. The molecule has 0 spiro atoms. The average molecular weight is 262 g/mol. The van der Waals surface area contributed by atoms with E-state index in [2.05, 4.69) is 47.4 Å². The van der Waals surface area contributed by atoms with E-state index in [1.807, 2.05) is 0 Å². The van der Waals surface area contributed by atoms with Crippen LogP contribution < -0.4 is 5.32 Å². The Bertz CT molecular complexity index is 522. The molecule has 0 amide bonds. The zero-order valence-corrected chi connectivity index (χ0v) is 11.6. The van der Waals surface area contributed by atoms with Crippen LogP contribution in [-0.2, 0) is 18.3 Å². The summed E-state index contributed by atoms with van der Waals surface area (Å²) in [6, 6.07) is 8.39. The first kappa shape index (κ1) is 14.1. The lowest BCUT2D eigenvalue weighted by Gasteiger charge is -2.09. The van der Waals surface area contributed by atoms with Crippen LogP contribution in [0.3, 0.4) is 0 Å². The van der Waals surface area contributed by atoms with E-state index in [1.54, 1.807) is 7.11 Å². The minimum Gasteiger partial charge on any atom is -0.391 e. The summed E-state index contributed by atoms with van der Waals surface area (Å²) >= 11 is 0. The molecule has 2 rings (SSSR count). The van der Waals surface area contributed by atoms with Crippen molar-refractivity contribution in [3.05, 3.63) is 36.0 Å². The van der Waals surface area contributed by atoms with E-state index in [-0.39, 0.29) is 6.10 Å². The van der Waals surface area contributed by atoms with E-state index in [9.17, 15) is 5.11 Å². The second-order valence-corrected chi connectivity index (χ2v) is 4.86. The molecule has 1 aromatic carbocycles. The van der Waals surface area contributed by atoms with Crippen LogP contribution in [0, 0.1) is 0 Å². The van der Waals surface area contributed by atoms with Crippen LogP contribution >= 0.6 is 0 Å². The van der Waals surface area contributed by atoms with E-state index in [0.29, 0.717) is 13.0 Å². The molecule has 2 N–H and O–H groups in total. The van der Waals surface area contributed by atoms with Gasteiger partial charge in [0.25, 0.3) is 0 Å². The van der Waals surface area contributed by atoms with Crippen molar-refractivity contribution in [1.29, 1.82) is 0 Å². The summed E-state index contributed by atoms with van der Waals surface area (Å²) in [5.41, 5.74) is 2.54. The van der Waals surface area contributed by atoms with Crippen molar-refractivity contribution in [2.75, 3.05) is 20.3 Å². The molecule has 0 aliphatic carbocycles. The Labute approximate surface area is 114 Å². The van der Waals surface area contributed by atoms with Crippen LogP contribution in [-0.4, -0.2) is 36.0 Å². The molecule has 104 valence electrons. The molecule has 0 aliphatic rings. The van der Waals surface area contributed by atoms with Crippen molar-refractivity contribution < 1.29 is 9.84 Å². The second kappa shape index (κ2) is 6.70. The summed E-state index contributed by atoms with van der Waals surface area (Å²) in [5, 5.41) is 14.2. The number of methoxy groups -OCH3 is 1. The van der Waals surface area contributed by atoms with Crippen molar-refractivity contribution in [2.24, 2.45) is 7.05 Å². The Morgan fingerprint density at radius 3 is 2.95 bits per heavy atom. The fourth-order valence-electron chi connectivity index (χ4n) is 2.33. The standard InChI is InChI=1S/C15H22N2O2/c1-17-10-12(14-5-3-4-6-15(14)17)9-16-8-7-13(18)11-19-2/h3-6,10,13,16,18H,7-9,11H2,1-2H3. The van der Waals surface area contributed by atoms with Gasteiger partial charge >= 0.3 is 0 Å². The fourth-order valence-corrected chi connectivity index (χ4v) is 2.33. The summed E-state index contributed by atoms with van der Waals surface area (Å²) in [4.78, 5) is 0. The van der Waals surface area contributed by atoms with E-state index in [1.165, 1.54) is 16.5 Å². The highest BCUT2D eigenvalue weighted by Crippen LogP contribution is 2.19. The van der Waals surface area contributed by atoms with Gasteiger partial charge in [-0.2, -0.15) is 0 Å². The number of ether oxygens (including phenoxy) is 1. The van der Waals surface area contributed by atoms with Gasteiger partial charge in [-0.05, 0) is 24.6 Å². The number of nitrogens with one attached hydrogen (secondary N) is 1. The molecule has 0 saturated heterocycles. The second-order valence-electron chi connectivity index (χ2n) is 4.86. The largest absolute Gasteiger partial charge is 0.391 e. The van der Waals surface area contributed by atoms with Crippen LogP contribution in [0.5, 0.6) is 0 Å². The number of hydrogen-bond acceptors (Lipinski definition) is 3. The smallest absolute Gasteiger partial charge is 0.0785 e. The average Bonchev–Trinajstić information content (AvgIpc) is 2.73. The summed E-state index contributed by atoms with van der Waals surface area (Å²) in [6.07, 6.45) is 2.48. The number of rotatable bonds is 7. The van der Waals surface area contributed by atoms with Crippen LogP contribution in [0.4, 0.5) is 0 Å². The van der Waals surface area contributed by atoms with Crippen LogP contribution in [0.2, 0.25) is 0 Å². The zero-order valence-electron chi connectivity index (χ0n) is 11.6. The van der Waals surface area contributed by atoms with Gasteiger partial charge in [-0.25, -0.2) is 0 Å². The van der Waals surface area contributed by atoms with Gasteiger partial charge in [0.1, 0.15) is 0 Å². The number of nitrogens with zero attached hydrogens (tertiary/aromatic N) is 1. The minimum absolute atomic E-state index is 0.384. The number of para-hydroxylation sites is 1. The Balaban J connectivity index is 1.88. The van der Waals surface area contributed by atoms with Gasteiger partial charge in [0.15, 0.2) is 0 Å². The van der Waals surface area contributed by atoms with Crippen LogP contribution in [0.25, 0.3) is 10.9 Å². The number of fused-ring (bicyclic) bond motifs is 1. The predicted octanol–water partition coefficient (Wildman–Crippen LogP) is 1.67. The van der Waals surface area contributed by atoms with Gasteiger partial charge in [-0.1, -0.05) is 18.2 Å². The van der Waals surface area contributed by atoms with Gasteiger partial charge < -0.3 is 19.7 Å². The molecule has 0 saturated carbocycles. The summed E-state index contributed by atoms with van der Waals surface area (Å²) in [7, 11) is 3.67. The van der Waals surface area contributed by atoms with Gasteiger partial charge in [-0.3, -0.25) is 0 Å². The monoisotopic (exact) mass is 262 g/mol. The molecule has 1 aromatic heterocycles. The summed E-state index contributed by atoms with van der Waals surface area (Å²) in [6.45, 7) is 2.00. The van der Waals surface area contributed by atoms with Crippen molar-refractivity contribution in [2.45, 2.75) is 19.1 Å². The van der Waals surface area contributed by atoms with Crippen molar-refractivity contribution >= 4 is 10.9 Å². The predicted molar refractivity (Wildman–Crippen MR) is 77.1 cm³/mol. The minimum atomic E-state index is -0.384. The Morgan fingerprint density at radius 1 is 1.37 bits per heavy atom. The van der Waals surface area contributed by atoms with Gasteiger partial charge in [0, 0.05) is 37.8 Å². The number of hydrogen-bond donors (Lipinski definition) is 2. The van der Waals surface area contributed by atoms with Gasteiger partial charge in [0.2, 0.25) is 0 Å². The molecule has 0 fully saturated rings. The zero-order chi connectivity index (χ0) is 13.7. The third-order valence-corrected chi connectivity index (χ3v) is 3.31. The molecule has 4 heteroatoms. The third kappa shape index (κ3) is 3.56. The lowest BCUT2D eigenvalue weighted by atomic mass is 10.2. The molecule has 1 unspecified atom stereocenters. The van der Waals surface area contributed by atoms with E-state index in [0.717, 1.165) is 13.1 Å². The molecular weight excluding hydrogens is 240 g/mol. The molecule has 0 bridgehead atoms. The maximum Gasteiger partial charge on any atom is 0.0785 e. The Kier molecular flexibility index (Phi) is 4.96. The molecule has 1 heterocycles. The van der Waals surface area contributed by atoms with Crippen molar-refractivity contribution in [3.63, 3.8) is 0 Å². The normalized spacial score (nSPS) is 13.0. The van der Waals surface area contributed by atoms with Gasteiger partial charge in [0.05, 0.1) is 12.7 Å². The SMILES string of the molecule is COCC(O)CCNCc1cn(C)c2ccccc12. The van der Waals surface area contributed by atoms with Crippen LogP contribution in [0.15, 0.2) is 30.5 Å². The molecule has 1 atom stereocenters. The number of aromatic nitrogens is 1. The number of aryl methyl sites for hydroxylation is 1. The van der Waals surface area contributed by atoms with Crippen molar-refractivity contribution in [3.8, 4) is 0 Å². The van der Waals surface area contributed by atoms with Crippen LogP contribution in [0.1, 0.15) is 12.0 Å². The topological polar surface area (TPSA) is 46.4 Å². The maximum atomic E-state index is 9.55. The maximum absolute atomic E-state index is 9.55.